The highest BCUT2D eigenvalue weighted by Crippen LogP contribution is 2.12. The van der Waals surface area contributed by atoms with Crippen LogP contribution in [0.2, 0.25) is 0 Å². The highest BCUT2D eigenvalue weighted by Gasteiger charge is 2.25. The summed E-state index contributed by atoms with van der Waals surface area (Å²) in [5.74, 6) is -0.800. The number of carboxylic acid groups (broad SMARTS) is 1. The maximum atomic E-state index is 11.5. The number of alkyl carbamates (subject to hydrolysis) is 1. The van der Waals surface area contributed by atoms with Crippen LogP contribution in [0.15, 0.2) is 0 Å². The van der Waals surface area contributed by atoms with Gasteiger partial charge in [-0.2, -0.15) is 0 Å². The van der Waals surface area contributed by atoms with Crippen LogP contribution in [0.5, 0.6) is 0 Å². The van der Waals surface area contributed by atoms with Crippen molar-refractivity contribution in [1.82, 2.24) is 10.6 Å². The lowest BCUT2D eigenvalue weighted by molar-refractivity contribution is -0.137. The Kier molecular flexibility index (Phi) is 4.95. The third-order valence-electron chi connectivity index (χ3n) is 2.66. The van der Waals surface area contributed by atoms with Crippen LogP contribution >= 0.6 is 0 Å². The Labute approximate surface area is 107 Å². The number of amides is 1. The molecular formula is C12H22N2O4. The number of carbonyl (C=O) groups is 2. The molecule has 1 heterocycles. The van der Waals surface area contributed by atoms with Gasteiger partial charge in [0.1, 0.15) is 5.60 Å². The van der Waals surface area contributed by atoms with Crippen molar-refractivity contribution in [2.45, 2.75) is 57.7 Å². The summed E-state index contributed by atoms with van der Waals surface area (Å²) in [6, 6.07) is 0.00378. The van der Waals surface area contributed by atoms with Crippen LogP contribution in [-0.4, -0.2) is 41.4 Å². The molecule has 1 aliphatic rings. The smallest absolute Gasteiger partial charge is 0.407 e. The summed E-state index contributed by atoms with van der Waals surface area (Å²) >= 11 is 0. The second-order valence-corrected chi connectivity index (χ2v) is 5.62. The van der Waals surface area contributed by atoms with Crippen LogP contribution in [0.25, 0.3) is 0 Å². The van der Waals surface area contributed by atoms with E-state index >= 15 is 0 Å². The molecule has 0 radical (unpaired) electrons. The fraction of sp³-hybridized carbons (Fsp3) is 0.833. The van der Waals surface area contributed by atoms with E-state index in [4.69, 9.17) is 9.84 Å². The van der Waals surface area contributed by atoms with Gasteiger partial charge in [-0.3, -0.25) is 4.79 Å². The van der Waals surface area contributed by atoms with Gasteiger partial charge in [0.05, 0.1) is 6.42 Å². The van der Waals surface area contributed by atoms with E-state index < -0.39 is 17.7 Å². The zero-order valence-corrected chi connectivity index (χ0v) is 11.2. The van der Waals surface area contributed by atoms with Crippen LogP contribution in [0.4, 0.5) is 4.79 Å². The molecule has 0 aliphatic carbocycles. The zero-order valence-electron chi connectivity index (χ0n) is 11.2. The minimum Gasteiger partial charge on any atom is -0.481 e. The maximum Gasteiger partial charge on any atom is 0.407 e. The molecule has 2 atom stereocenters. The lowest BCUT2D eigenvalue weighted by Crippen LogP contribution is -2.50. The quantitative estimate of drug-likeness (QED) is 0.705. The molecule has 1 saturated heterocycles. The second-order valence-electron chi connectivity index (χ2n) is 5.62. The largest absolute Gasteiger partial charge is 0.481 e. The Morgan fingerprint density at radius 3 is 2.50 bits per heavy atom. The third kappa shape index (κ3) is 5.86. The highest BCUT2D eigenvalue weighted by molar-refractivity contribution is 5.68. The minimum atomic E-state index is -0.800. The number of carbonyl (C=O) groups excluding carboxylic acids is 1. The normalized spacial score (nSPS) is 24.4. The summed E-state index contributed by atoms with van der Waals surface area (Å²) in [7, 11) is 0. The fourth-order valence-corrected chi connectivity index (χ4v) is 1.90. The van der Waals surface area contributed by atoms with Crippen molar-refractivity contribution >= 4 is 12.1 Å². The molecule has 1 fully saturated rings. The van der Waals surface area contributed by atoms with E-state index in [0.717, 1.165) is 12.8 Å². The first-order valence-corrected chi connectivity index (χ1v) is 6.21. The van der Waals surface area contributed by atoms with Crippen LogP contribution in [0.1, 0.15) is 40.0 Å². The standard InChI is InChI=1S/C12H22N2O4/c1-12(2,3)18-11(17)14-9-5-4-8(13-7-9)6-10(15)16/h8-9,13H,4-7H2,1-3H3,(H,14,17)(H,15,16)/t8-,9-/m1/s1. The molecular weight excluding hydrogens is 236 g/mol. The number of aliphatic carboxylic acids is 1. The number of nitrogens with one attached hydrogen (secondary N) is 2. The molecule has 18 heavy (non-hydrogen) atoms. The van der Waals surface area contributed by atoms with Crippen molar-refractivity contribution in [2.75, 3.05) is 6.54 Å². The van der Waals surface area contributed by atoms with Gasteiger partial charge in [0.25, 0.3) is 0 Å². The molecule has 0 unspecified atom stereocenters. The van der Waals surface area contributed by atoms with E-state index in [-0.39, 0.29) is 18.5 Å². The fourth-order valence-electron chi connectivity index (χ4n) is 1.90. The Hall–Kier alpha value is -1.30. The minimum absolute atomic E-state index is 0.000753. The Morgan fingerprint density at radius 2 is 2.06 bits per heavy atom. The number of rotatable bonds is 3. The number of piperidine rings is 1. The first-order chi connectivity index (χ1) is 8.26. The van der Waals surface area contributed by atoms with Gasteiger partial charge < -0.3 is 20.5 Å². The van der Waals surface area contributed by atoms with Gasteiger partial charge in [0, 0.05) is 18.6 Å². The second kappa shape index (κ2) is 6.04. The van der Waals surface area contributed by atoms with E-state index in [2.05, 4.69) is 10.6 Å². The van der Waals surface area contributed by atoms with E-state index in [0.29, 0.717) is 6.54 Å². The van der Waals surface area contributed by atoms with Gasteiger partial charge in [-0.05, 0) is 33.6 Å². The van der Waals surface area contributed by atoms with Crippen molar-refractivity contribution in [1.29, 1.82) is 0 Å². The Morgan fingerprint density at radius 1 is 1.39 bits per heavy atom. The Balaban J connectivity index is 2.27. The molecule has 0 aromatic carbocycles. The van der Waals surface area contributed by atoms with E-state index in [1.165, 1.54) is 0 Å². The maximum absolute atomic E-state index is 11.5. The molecule has 0 bridgehead atoms. The van der Waals surface area contributed by atoms with Gasteiger partial charge in [-0.15, -0.1) is 0 Å². The number of ether oxygens (including phenoxy) is 1. The van der Waals surface area contributed by atoms with Crippen LogP contribution < -0.4 is 10.6 Å². The molecule has 3 N–H and O–H groups in total. The predicted molar refractivity (Wildman–Crippen MR) is 66.4 cm³/mol. The van der Waals surface area contributed by atoms with Gasteiger partial charge in [-0.25, -0.2) is 4.79 Å². The molecule has 0 aromatic rings. The van der Waals surface area contributed by atoms with Crippen molar-refractivity contribution in [2.24, 2.45) is 0 Å². The van der Waals surface area contributed by atoms with Gasteiger partial charge in [-0.1, -0.05) is 0 Å². The SMILES string of the molecule is CC(C)(C)OC(=O)N[C@@H]1CC[C@H](CC(=O)O)NC1. The van der Waals surface area contributed by atoms with E-state index in [1.54, 1.807) is 0 Å². The monoisotopic (exact) mass is 258 g/mol. The van der Waals surface area contributed by atoms with Crippen molar-refractivity contribution in [3.8, 4) is 0 Å². The molecule has 0 aromatic heterocycles. The van der Waals surface area contributed by atoms with Crippen molar-refractivity contribution in [3.63, 3.8) is 0 Å². The summed E-state index contributed by atoms with van der Waals surface area (Å²) in [5, 5.41) is 14.6. The highest BCUT2D eigenvalue weighted by atomic mass is 16.6. The topological polar surface area (TPSA) is 87.7 Å². The lowest BCUT2D eigenvalue weighted by atomic mass is 9.99. The molecule has 1 aliphatic heterocycles. The van der Waals surface area contributed by atoms with E-state index in [9.17, 15) is 9.59 Å². The molecule has 0 spiro atoms. The molecule has 0 saturated carbocycles. The van der Waals surface area contributed by atoms with E-state index in [1.807, 2.05) is 20.8 Å². The average molecular weight is 258 g/mol. The van der Waals surface area contributed by atoms with Gasteiger partial charge in [0.2, 0.25) is 0 Å². The number of hydrogen-bond acceptors (Lipinski definition) is 4. The predicted octanol–water partition coefficient (Wildman–Crippen LogP) is 1.11. The molecule has 1 amide bonds. The first-order valence-electron chi connectivity index (χ1n) is 6.21. The summed E-state index contributed by atoms with van der Waals surface area (Å²) < 4.78 is 5.16. The van der Waals surface area contributed by atoms with Crippen molar-refractivity contribution < 1.29 is 19.4 Å². The Bertz CT molecular complexity index is 304. The summed E-state index contributed by atoms with van der Waals surface area (Å²) in [6.45, 7) is 6.02. The van der Waals surface area contributed by atoms with Crippen LogP contribution in [-0.2, 0) is 9.53 Å². The third-order valence-corrected chi connectivity index (χ3v) is 2.66. The van der Waals surface area contributed by atoms with Crippen molar-refractivity contribution in [3.05, 3.63) is 0 Å². The summed E-state index contributed by atoms with van der Waals surface area (Å²) in [6.07, 6.45) is 1.21. The van der Waals surface area contributed by atoms with Crippen LogP contribution in [0, 0.1) is 0 Å². The molecule has 104 valence electrons. The summed E-state index contributed by atoms with van der Waals surface area (Å²) in [4.78, 5) is 22.1. The summed E-state index contributed by atoms with van der Waals surface area (Å²) in [5.41, 5.74) is -0.502. The van der Waals surface area contributed by atoms with Crippen LogP contribution in [0.3, 0.4) is 0 Å². The number of carboxylic acids is 1. The zero-order chi connectivity index (χ0) is 13.8. The lowest BCUT2D eigenvalue weighted by Gasteiger charge is -2.30. The number of hydrogen-bond donors (Lipinski definition) is 3. The van der Waals surface area contributed by atoms with Gasteiger partial charge in [0.15, 0.2) is 0 Å². The average Bonchev–Trinajstić information content (AvgIpc) is 2.17. The first kappa shape index (κ1) is 14.8. The van der Waals surface area contributed by atoms with Gasteiger partial charge >= 0.3 is 12.1 Å². The molecule has 1 rings (SSSR count). The molecule has 6 nitrogen and oxygen atoms in total. The molecule has 6 heteroatoms.